The third kappa shape index (κ3) is 5.96. The minimum absolute atomic E-state index is 0.0220. The topological polar surface area (TPSA) is 64.6 Å². The minimum atomic E-state index is -4.82. The lowest BCUT2D eigenvalue weighted by Gasteiger charge is -2.10. The zero-order chi connectivity index (χ0) is 19.3. The van der Waals surface area contributed by atoms with Crippen molar-refractivity contribution in [1.29, 1.82) is 0 Å². The molecule has 9 heteroatoms. The normalized spacial score (nSPS) is 11.0. The van der Waals surface area contributed by atoms with Crippen molar-refractivity contribution >= 4 is 29.2 Å². The molecule has 0 fully saturated rings. The molecule has 0 unspecified atom stereocenters. The summed E-state index contributed by atoms with van der Waals surface area (Å²) in [5, 5.41) is 2.98. The Morgan fingerprint density at radius 1 is 1.12 bits per heavy atom. The third-order valence-electron chi connectivity index (χ3n) is 3.13. The maximum Gasteiger partial charge on any atom is 0.573 e. The smallest absolute Gasteiger partial charge is 0.452 e. The Kier molecular flexibility index (Phi) is 6.10. The number of nitrogens with one attached hydrogen (secondary N) is 1. The highest BCUT2D eigenvalue weighted by Gasteiger charge is 2.31. The van der Waals surface area contributed by atoms with Gasteiger partial charge in [-0.05, 0) is 48.9 Å². The van der Waals surface area contributed by atoms with Crippen LogP contribution in [0, 0.1) is 6.92 Å². The van der Waals surface area contributed by atoms with Crippen LogP contribution in [0.5, 0.6) is 5.75 Å². The molecule has 0 spiro atoms. The Balaban J connectivity index is 1.89. The standard InChI is InChI=1S/C17H13ClF3NO4/c1-10-2-5-12(18)8-14(10)22-15(23)9-25-16(24)11-3-6-13(7-4-11)26-17(19,20)21/h2-8H,9H2,1H3,(H,22,23). The molecule has 2 aromatic rings. The number of benzene rings is 2. The molecule has 0 atom stereocenters. The van der Waals surface area contributed by atoms with Crippen molar-refractivity contribution in [1.82, 2.24) is 0 Å². The van der Waals surface area contributed by atoms with Gasteiger partial charge in [-0.2, -0.15) is 0 Å². The summed E-state index contributed by atoms with van der Waals surface area (Å²) < 4.78 is 44.7. The van der Waals surface area contributed by atoms with Gasteiger partial charge in [-0.25, -0.2) is 4.79 Å². The van der Waals surface area contributed by atoms with Gasteiger partial charge in [0.25, 0.3) is 5.91 Å². The van der Waals surface area contributed by atoms with E-state index < -0.39 is 30.6 Å². The van der Waals surface area contributed by atoms with Crippen LogP contribution in [0.2, 0.25) is 5.02 Å². The van der Waals surface area contributed by atoms with Crippen molar-refractivity contribution in [3.05, 3.63) is 58.6 Å². The highest BCUT2D eigenvalue weighted by Crippen LogP contribution is 2.23. The summed E-state index contributed by atoms with van der Waals surface area (Å²) in [6.07, 6.45) is -4.82. The maximum absolute atomic E-state index is 12.1. The first kappa shape index (κ1) is 19.6. The highest BCUT2D eigenvalue weighted by molar-refractivity contribution is 6.31. The van der Waals surface area contributed by atoms with E-state index in [1.54, 1.807) is 25.1 Å². The predicted octanol–water partition coefficient (Wildman–Crippen LogP) is 4.34. The van der Waals surface area contributed by atoms with Crippen LogP contribution in [0.3, 0.4) is 0 Å². The van der Waals surface area contributed by atoms with Crippen LogP contribution in [0.15, 0.2) is 42.5 Å². The summed E-state index contributed by atoms with van der Waals surface area (Å²) >= 11 is 5.84. The quantitative estimate of drug-likeness (QED) is 0.775. The minimum Gasteiger partial charge on any atom is -0.452 e. The number of anilines is 1. The monoisotopic (exact) mass is 387 g/mol. The fraction of sp³-hybridized carbons (Fsp3) is 0.176. The van der Waals surface area contributed by atoms with Gasteiger partial charge in [-0.3, -0.25) is 4.79 Å². The summed E-state index contributed by atoms with van der Waals surface area (Å²) in [6, 6.07) is 9.08. The highest BCUT2D eigenvalue weighted by atomic mass is 35.5. The largest absolute Gasteiger partial charge is 0.573 e. The number of amides is 1. The molecule has 1 N–H and O–H groups in total. The SMILES string of the molecule is Cc1ccc(Cl)cc1NC(=O)COC(=O)c1ccc(OC(F)(F)F)cc1. The summed E-state index contributed by atoms with van der Waals surface area (Å²) in [5.74, 6) is -1.91. The molecule has 1 amide bonds. The molecule has 0 saturated heterocycles. The van der Waals surface area contributed by atoms with Gasteiger partial charge in [0.05, 0.1) is 5.56 Å². The molecule has 0 aliphatic rings. The summed E-state index contributed by atoms with van der Waals surface area (Å²) in [4.78, 5) is 23.7. The van der Waals surface area contributed by atoms with Crippen LogP contribution in [0.25, 0.3) is 0 Å². The molecule has 0 aliphatic carbocycles. The fourth-order valence-corrected chi connectivity index (χ4v) is 2.09. The molecule has 138 valence electrons. The number of aryl methyl sites for hydroxylation is 1. The Hall–Kier alpha value is -2.74. The summed E-state index contributed by atoms with van der Waals surface area (Å²) in [5.41, 5.74) is 1.23. The van der Waals surface area contributed by atoms with E-state index in [-0.39, 0.29) is 5.56 Å². The van der Waals surface area contributed by atoms with Gasteiger partial charge in [0.1, 0.15) is 5.75 Å². The average molecular weight is 388 g/mol. The van der Waals surface area contributed by atoms with Gasteiger partial charge in [0.15, 0.2) is 6.61 Å². The van der Waals surface area contributed by atoms with Crippen LogP contribution in [0.1, 0.15) is 15.9 Å². The summed E-state index contributed by atoms with van der Waals surface area (Å²) in [7, 11) is 0. The predicted molar refractivity (Wildman–Crippen MR) is 88.2 cm³/mol. The molecule has 0 aromatic heterocycles. The molecule has 0 radical (unpaired) electrons. The van der Waals surface area contributed by atoms with Gasteiger partial charge in [-0.15, -0.1) is 13.2 Å². The molecular formula is C17H13ClF3NO4. The Morgan fingerprint density at radius 2 is 1.77 bits per heavy atom. The van der Waals surface area contributed by atoms with Gasteiger partial charge >= 0.3 is 12.3 Å². The number of ether oxygens (including phenoxy) is 2. The Labute approximate surface area is 151 Å². The van der Waals surface area contributed by atoms with E-state index in [4.69, 9.17) is 16.3 Å². The van der Waals surface area contributed by atoms with E-state index in [0.717, 1.165) is 29.8 Å². The van der Waals surface area contributed by atoms with Gasteiger partial charge in [0.2, 0.25) is 0 Å². The van der Waals surface area contributed by atoms with Crippen LogP contribution in [-0.4, -0.2) is 24.8 Å². The molecule has 5 nitrogen and oxygen atoms in total. The number of hydrogen-bond acceptors (Lipinski definition) is 4. The fourth-order valence-electron chi connectivity index (χ4n) is 1.92. The molecular weight excluding hydrogens is 375 g/mol. The van der Waals surface area contributed by atoms with Gasteiger partial charge < -0.3 is 14.8 Å². The van der Waals surface area contributed by atoms with Crippen molar-refractivity contribution in [3.8, 4) is 5.75 Å². The summed E-state index contributed by atoms with van der Waals surface area (Å²) in [6.45, 7) is 1.20. The molecule has 0 heterocycles. The number of carbonyl (C=O) groups excluding carboxylic acids is 2. The first-order valence-corrected chi connectivity index (χ1v) is 7.61. The first-order valence-electron chi connectivity index (χ1n) is 7.23. The molecule has 2 aromatic carbocycles. The average Bonchev–Trinajstić information content (AvgIpc) is 2.55. The lowest BCUT2D eigenvalue weighted by molar-refractivity contribution is -0.274. The number of rotatable bonds is 5. The van der Waals surface area contributed by atoms with E-state index in [1.165, 1.54) is 0 Å². The molecule has 2 rings (SSSR count). The van der Waals surface area contributed by atoms with E-state index in [2.05, 4.69) is 10.1 Å². The number of hydrogen-bond donors (Lipinski definition) is 1. The number of alkyl halides is 3. The van der Waals surface area contributed by atoms with Crippen LogP contribution in [-0.2, 0) is 9.53 Å². The van der Waals surface area contributed by atoms with E-state index in [0.29, 0.717) is 10.7 Å². The molecule has 0 bridgehead atoms. The van der Waals surface area contributed by atoms with Crippen molar-refractivity contribution in [2.45, 2.75) is 13.3 Å². The number of carbonyl (C=O) groups is 2. The number of esters is 1. The van der Waals surface area contributed by atoms with Crippen LogP contribution in [0.4, 0.5) is 18.9 Å². The van der Waals surface area contributed by atoms with E-state index in [9.17, 15) is 22.8 Å². The lowest BCUT2D eigenvalue weighted by Crippen LogP contribution is -2.21. The second kappa shape index (κ2) is 8.09. The maximum atomic E-state index is 12.1. The van der Waals surface area contributed by atoms with Crippen molar-refractivity contribution in [3.63, 3.8) is 0 Å². The van der Waals surface area contributed by atoms with E-state index in [1.807, 2.05) is 0 Å². The van der Waals surface area contributed by atoms with E-state index >= 15 is 0 Å². The van der Waals surface area contributed by atoms with Crippen LogP contribution < -0.4 is 10.1 Å². The zero-order valence-electron chi connectivity index (χ0n) is 13.4. The number of halogens is 4. The van der Waals surface area contributed by atoms with Gasteiger partial charge in [-0.1, -0.05) is 17.7 Å². The van der Waals surface area contributed by atoms with Gasteiger partial charge in [0, 0.05) is 10.7 Å². The second-order valence-electron chi connectivity index (χ2n) is 5.16. The zero-order valence-corrected chi connectivity index (χ0v) is 14.1. The lowest BCUT2D eigenvalue weighted by atomic mass is 10.2. The van der Waals surface area contributed by atoms with Crippen molar-refractivity contribution in [2.24, 2.45) is 0 Å². The first-order chi connectivity index (χ1) is 12.1. The third-order valence-corrected chi connectivity index (χ3v) is 3.37. The molecule has 0 aliphatic heterocycles. The van der Waals surface area contributed by atoms with Crippen LogP contribution >= 0.6 is 11.6 Å². The Bertz CT molecular complexity index is 807. The Morgan fingerprint density at radius 3 is 2.38 bits per heavy atom. The second-order valence-corrected chi connectivity index (χ2v) is 5.59. The molecule has 26 heavy (non-hydrogen) atoms. The van der Waals surface area contributed by atoms with Crippen molar-refractivity contribution in [2.75, 3.05) is 11.9 Å². The van der Waals surface area contributed by atoms with Crippen molar-refractivity contribution < 1.29 is 32.2 Å². The molecule has 0 saturated carbocycles.